The highest BCUT2D eigenvalue weighted by atomic mass is 16.3. The Morgan fingerprint density at radius 2 is 1.64 bits per heavy atom. The lowest BCUT2D eigenvalue weighted by molar-refractivity contribution is 0.478. The number of aromatic nitrogens is 3. The minimum Gasteiger partial charge on any atom is -0.507 e. The molecule has 0 fully saturated rings. The van der Waals surface area contributed by atoms with Crippen molar-refractivity contribution in [1.82, 2.24) is 15.2 Å². The highest BCUT2D eigenvalue weighted by Crippen LogP contribution is 2.31. The predicted octanol–water partition coefficient (Wildman–Crippen LogP) is 3.24. The zero-order chi connectivity index (χ0) is 16.5. The molecule has 2 aromatic heterocycles. The van der Waals surface area contributed by atoms with E-state index in [0.717, 1.165) is 10.8 Å². The summed E-state index contributed by atoms with van der Waals surface area (Å²) in [5.41, 5.74) is 1.54. The Morgan fingerprint density at radius 3 is 2.27 bits per heavy atom. The van der Waals surface area contributed by atoms with Gasteiger partial charge in [0, 0.05) is 28.9 Å². The number of phenolic OH excluding ortho intramolecular Hbond substituents is 1. The molecular weight excluding hydrogens is 273 g/mol. The van der Waals surface area contributed by atoms with Gasteiger partial charge < -0.3 is 5.11 Å². The van der Waals surface area contributed by atoms with Gasteiger partial charge in [0.2, 0.25) is 0 Å². The largest absolute Gasteiger partial charge is 0.507 e. The van der Waals surface area contributed by atoms with Gasteiger partial charge in [-0.25, -0.2) is 0 Å². The number of benzene rings is 1. The van der Waals surface area contributed by atoms with Crippen molar-refractivity contribution in [3.63, 3.8) is 0 Å². The summed E-state index contributed by atoms with van der Waals surface area (Å²) in [5, 5.41) is 19.6. The van der Waals surface area contributed by atoms with Crippen molar-refractivity contribution in [2.75, 3.05) is 0 Å². The second-order valence-corrected chi connectivity index (χ2v) is 3.94. The molecule has 5 heteroatoms. The Bertz CT molecular complexity index is 715. The van der Waals surface area contributed by atoms with Crippen LogP contribution in [0.2, 0.25) is 0 Å². The zero-order valence-electron chi connectivity index (χ0n) is 13.4. The number of fused-ring (bicyclic) bond motifs is 1. The third-order valence-electron chi connectivity index (χ3n) is 2.72. The number of pyridine rings is 1. The van der Waals surface area contributed by atoms with Gasteiger partial charge in [0.1, 0.15) is 13.6 Å². The van der Waals surface area contributed by atoms with Gasteiger partial charge in [0.15, 0.2) is 0 Å². The van der Waals surface area contributed by atoms with Crippen molar-refractivity contribution in [1.29, 1.82) is 0 Å². The van der Waals surface area contributed by atoms with E-state index in [0.29, 0.717) is 16.9 Å². The van der Waals surface area contributed by atoms with E-state index in [-0.39, 0.29) is 5.75 Å². The highest BCUT2D eigenvalue weighted by molar-refractivity contribution is 6.30. The van der Waals surface area contributed by atoms with Crippen molar-refractivity contribution < 1.29 is 5.11 Å². The third-order valence-corrected chi connectivity index (χ3v) is 2.72. The maximum atomic E-state index is 10.0. The van der Waals surface area contributed by atoms with Crippen molar-refractivity contribution in [2.24, 2.45) is 0 Å². The second-order valence-electron chi connectivity index (χ2n) is 3.94. The van der Waals surface area contributed by atoms with Crippen molar-refractivity contribution in [3.8, 4) is 17.0 Å². The number of phenols is 1. The quantitative estimate of drug-likeness (QED) is 0.700. The van der Waals surface area contributed by atoms with Crippen LogP contribution in [0.1, 0.15) is 27.7 Å². The lowest BCUT2D eigenvalue weighted by atomic mass is 10.0. The van der Waals surface area contributed by atoms with E-state index >= 15 is 0 Å². The van der Waals surface area contributed by atoms with Crippen LogP contribution < -0.4 is 5.59 Å². The molecule has 3 rings (SSSR count). The molecule has 0 saturated heterocycles. The first-order chi connectivity index (χ1) is 10.7. The van der Waals surface area contributed by atoms with E-state index in [1.54, 1.807) is 30.6 Å². The zero-order valence-corrected chi connectivity index (χ0v) is 13.4. The molecule has 0 saturated carbocycles. The number of aromatic hydroxyl groups is 1. The molecule has 2 heterocycles. The fourth-order valence-corrected chi connectivity index (χ4v) is 1.82. The van der Waals surface area contributed by atoms with Crippen LogP contribution in [-0.2, 0) is 0 Å². The molecule has 0 aliphatic carbocycles. The summed E-state index contributed by atoms with van der Waals surface area (Å²) in [6, 6.07) is 8.73. The highest BCUT2D eigenvalue weighted by Gasteiger charge is 2.08. The topological polar surface area (TPSA) is 58.9 Å². The van der Waals surface area contributed by atoms with Crippen molar-refractivity contribution >= 4 is 24.2 Å². The fourth-order valence-electron chi connectivity index (χ4n) is 1.82. The van der Waals surface area contributed by atoms with Gasteiger partial charge in [-0.2, -0.15) is 10.2 Å². The molecule has 0 amide bonds. The van der Waals surface area contributed by atoms with Crippen LogP contribution >= 0.6 is 0 Å². The van der Waals surface area contributed by atoms with E-state index in [1.165, 1.54) is 0 Å². The van der Waals surface area contributed by atoms with Gasteiger partial charge in [-0.15, -0.1) is 0 Å². The number of hydrogen-bond acceptors (Lipinski definition) is 4. The van der Waals surface area contributed by atoms with Crippen molar-refractivity contribution in [2.45, 2.75) is 27.7 Å². The Hall–Kier alpha value is -2.43. The minimum atomic E-state index is 0.160. The summed E-state index contributed by atoms with van der Waals surface area (Å²) in [7, 11) is 5.49. The standard InChI is InChI=1S/C13H8BN3O.2C2H6/c14-13-2-1-11(16-17-13)10-5-9-7-15-4-3-8(9)6-12(10)18;2*1-2/h1-7,18H;2*1-2H3. The van der Waals surface area contributed by atoms with Crippen LogP contribution in [0.3, 0.4) is 0 Å². The van der Waals surface area contributed by atoms with E-state index < -0.39 is 0 Å². The molecule has 0 aliphatic rings. The van der Waals surface area contributed by atoms with E-state index in [2.05, 4.69) is 15.2 Å². The molecule has 0 aliphatic heterocycles. The monoisotopic (exact) mass is 293 g/mol. The minimum absolute atomic E-state index is 0.160. The van der Waals surface area contributed by atoms with Gasteiger partial charge in [-0.1, -0.05) is 27.7 Å². The van der Waals surface area contributed by atoms with Crippen LogP contribution in [0.15, 0.2) is 42.7 Å². The molecule has 4 nitrogen and oxygen atoms in total. The average Bonchev–Trinajstić information content (AvgIpc) is 2.59. The summed E-state index contributed by atoms with van der Waals surface area (Å²) in [6.45, 7) is 8.00. The Labute approximate surface area is 132 Å². The van der Waals surface area contributed by atoms with E-state index in [1.807, 2.05) is 39.8 Å². The summed E-state index contributed by atoms with van der Waals surface area (Å²) < 4.78 is 0. The van der Waals surface area contributed by atoms with Crippen LogP contribution in [0.25, 0.3) is 22.0 Å². The van der Waals surface area contributed by atoms with Crippen LogP contribution in [0.5, 0.6) is 5.75 Å². The molecule has 0 bridgehead atoms. The number of rotatable bonds is 1. The molecule has 0 atom stereocenters. The van der Waals surface area contributed by atoms with Gasteiger partial charge in [0.05, 0.1) is 5.69 Å². The van der Waals surface area contributed by atoms with E-state index in [4.69, 9.17) is 7.85 Å². The molecule has 2 radical (unpaired) electrons. The Morgan fingerprint density at radius 1 is 0.909 bits per heavy atom. The molecule has 1 N–H and O–H groups in total. The van der Waals surface area contributed by atoms with Gasteiger partial charge in [0.25, 0.3) is 0 Å². The predicted molar refractivity (Wildman–Crippen MR) is 92.5 cm³/mol. The lowest BCUT2D eigenvalue weighted by Gasteiger charge is -2.06. The van der Waals surface area contributed by atoms with Gasteiger partial charge in [-0.05, 0) is 35.7 Å². The third kappa shape index (κ3) is 4.04. The maximum absolute atomic E-state index is 10.0. The first-order valence-electron chi connectivity index (χ1n) is 7.40. The van der Waals surface area contributed by atoms with Crippen molar-refractivity contribution in [3.05, 3.63) is 42.7 Å². The Balaban J connectivity index is 0.000000561. The summed E-state index contributed by atoms with van der Waals surface area (Å²) in [4.78, 5) is 4.05. The molecule has 0 unspecified atom stereocenters. The molecule has 112 valence electrons. The number of nitrogens with zero attached hydrogens (tertiary/aromatic N) is 3. The molecule has 1 aromatic carbocycles. The summed E-state index contributed by atoms with van der Waals surface area (Å²) >= 11 is 0. The van der Waals surface area contributed by atoms with E-state index in [9.17, 15) is 5.11 Å². The van der Waals surface area contributed by atoms with Crippen LogP contribution in [0.4, 0.5) is 0 Å². The first-order valence-corrected chi connectivity index (χ1v) is 7.40. The van der Waals surface area contributed by atoms with Crippen LogP contribution in [0, 0.1) is 0 Å². The normalized spacial score (nSPS) is 9.27. The summed E-state index contributed by atoms with van der Waals surface area (Å²) in [5.74, 6) is 0.160. The summed E-state index contributed by atoms with van der Waals surface area (Å²) in [6.07, 6.45) is 3.42. The maximum Gasteiger partial charge on any atom is 0.144 e. The van der Waals surface area contributed by atoms with Crippen LogP contribution in [-0.4, -0.2) is 28.1 Å². The Kier molecular flexibility index (Phi) is 7.03. The second kappa shape index (κ2) is 8.77. The average molecular weight is 293 g/mol. The smallest absolute Gasteiger partial charge is 0.144 e. The molecule has 22 heavy (non-hydrogen) atoms. The first kappa shape index (κ1) is 17.6. The SMILES string of the molecule is CC.CC.[B]c1ccc(-c2cc3cnccc3cc2O)nn1. The molecule has 3 aromatic rings. The molecular formula is C17H20BN3O. The lowest BCUT2D eigenvalue weighted by Crippen LogP contribution is -2.09. The van der Waals surface area contributed by atoms with Gasteiger partial charge in [-0.3, -0.25) is 4.98 Å². The number of hydrogen-bond donors (Lipinski definition) is 1. The fraction of sp³-hybridized carbons (Fsp3) is 0.235. The molecule has 0 spiro atoms. The van der Waals surface area contributed by atoms with Gasteiger partial charge >= 0.3 is 0 Å².